The quantitative estimate of drug-likeness (QED) is 0.856. The van der Waals surface area contributed by atoms with Crippen molar-refractivity contribution in [2.45, 2.75) is 25.8 Å². The van der Waals surface area contributed by atoms with Crippen LogP contribution in [0.15, 0.2) is 42.1 Å². The maximum atomic E-state index is 11.9. The van der Waals surface area contributed by atoms with Gasteiger partial charge >= 0.3 is 0 Å². The fourth-order valence-corrected chi connectivity index (χ4v) is 2.90. The third-order valence-corrected chi connectivity index (χ3v) is 3.99. The first-order chi connectivity index (χ1) is 11.1. The standard InChI is InChI=1S/C16H15N5O2/c1-10-9-12(11-5-3-2-4-6-11)21-15(17-10)18-16(19-21)20-13(22)7-8-14(20)23/h2-6,9,12H,7-8H2,1H3,(H,17,18,19)/t12-/m1/s1. The van der Waals surface area contributed by atoms with E-state index in [0.717, 1.165) is 16.2 Å². The summed E-state index contributed by atoms with van der Waals surface area (Å²) in [5.41, 5.74) is 2.01. The van der Waals surface area contributed by atoms with E-state index in [2.05, 4.69) is 15.4 Å². The second kappa shape index (κ2) is 5.05. The number of carbonyl (C=O) groups is 2. The average molecular weight is 309 g/mol. The Bertz CT molecular complexity index is 808. The van der Waals surface area contributed by atoms with Gasteiger partial charge in [-0.25, -0.2) is 9.58 Å². The van der Waals surface area contributed by atoms with Crippen LogP contribution in [0.5, 0.6) is 0 Å². The van der Waals surface area contributed by atoms with Crippen molar-refractivity contribution in [1.82, 2.24) is 14.8 Å². The highest BCUT2D eigenvalue weighted by Crippen LogP contribution is 2.31. The van der Waals surface area contributed by atoms with Crippen LogP contribution in [0, 0.1) is 0 Å². The molecular weight excluding hydrogens is 294 g/mol. The molecular formula is C16H15N5O2. The van der Waals surface area contributed by atoms with Crippen LogP contribution in [-0.4, -0.2) is 26.6 Å². The lowest BCUT2D eigenvalue weighted by molar-refractivity contribution is -0.121. The van der Waals surface area contributed by atoms with E-state index in [1.807, 2.05) is 43.3 Å². The van der Waals surface area contributed by atoms with Crippen LogP contribution >= 0.6 is 0 Å². The Labute approximate surface area is 132 Å². The third-order valence-electron chi connectivity index (χ3n) is 3.99. The van der Waals surface area contributed by atoms with Crippen LogP contribution in [0.1, 0.15) is 31.4 Å². The number of rotatable bonds is 2. The zero-order valence-electron chi connectivity index (χ0n) is 12.6. The van der Waals surface area contributed by atoms with Crippen molar-refractivity contribution in [2.75, 3.05) is 10.2 Å². The monoisotopic (exact) mass is 309 g/mol. The summed E-state index contributed by atoms with van der Waals surface area (Å²) in [6, 6.07) is 9.78. The van der Waals surface area contributed by atoms with Crippen molar-refractivity contribution in [1.29, 1.82) is 0 Å². The number of hydrogen-bond donors (Lipinski definition) is 1. The predicted octanol–water partition coefficient (Wildman–Crippen LogP) is 1.85. The number of carbonyl (C=O) groups excluding carboxylic acids is 2. The molecule has 1 atom stereocenters. The number of hydrogen-bond acceptors (Lipinski definition) is 5. The number of anilines is 2. The summed E-state index contributed by atoms with van der Waals surface area (Å²) in [5, 5.41) is 7.54. The number of fused-ring (bicyclic) bond motifs is 1. The molecule has 0 aliphatic carbocycles. The fourth-order valence-electron chi connectivity index (χ4n) is 2.90. The molecule has 0 saturated carbocycles. The minimum absolute atomic E-state index is 0.124. The lowest BCUT2D eigenvalue weighted by Crippen LogP contribution is -2.29. The molecule has 0 spiro atoms. The van der Waals surface area contributed by atoms with Gasteiger partial charge in [0, 0.05) is 18.5 Å². The zero-order valence-corrected chi connectivity index (χ0v) is 12.6. The molecule has 1 saturated heterocycles. The number of aromatic nitrogens is 3. The van der Waals surface area contributed by atoms with E-state index in [0.29, 0.717) is 5.95 Å². The van der Waals surface area contributed by atoms with Crippen molar-refractivity contribution in [2.24, 2.45) is 0 Å². The van der Waals surface area contributed by atoms with Gasteiger partial charge < -0.3 is 5.32 Å². The van der Waals surface area contributed by atoms with E-state index in [1.54, 1.807) is 4.68 Å². The molecule has 23 heavy (non-hydrogen) atoms. The average Bonchev–Trinajstić information content (AvgIpc) is 3.10. The number of benzene rings is 1. The molecule has 0 unspecified atom stereocenters. The molecule has 2 amide bonds. The van der Waals surface area contributed by atoms with E-state index in [1.165, 1.54) is 0 Å². The van der Waals surface area contributed by atoms with Crippen LogP contribution in [-0.2, 0) is 9.59 Å². The fraction of sp³-hybridized carbons (Fsp3) is 0.250. The summed E-state index contributed by atoms with van der Waals surface area (Å²) in [5.74, 6) is 0.170. The van der Waals surface area contributed by atoms with E-state index in [-0.39, 0.29) is 36.6 Å². The number of nitrogens with one attached hydrogen (secondary N) is 1. The molecule has 2 aromatic rings. The Morgan fingerprint density at radius 1 is 1.13 bits per heavy atom. The van der Waals surface area contributed by atoms with Crippen molar-refractivity contribution in [3.8, 4) is 0 Å². The summed E-state index contributed by atoms with van der Waals surface area (Å²) in [4.78, 5) is 29.2. The van der Waals surface area contributed by atoms with E-state index in [9.17, 15) is 9.59 Å². The largest absolute Gasteiger partial charge is 0.329 e. The zero-order chi connectivity index (χ0) is 16.0. The van der Waals surface area contributed by atoms with Crippen LogP contribution in [0.2, 0.25) is 0 Å². The Morgan fingerprint density at radius 2 is 1.83 bits per heavy atom. The summed E-state index contributed by atoms with van der Waals surface area (Å²) in [6.07, 6.45) is 2.47. The Balaban J connectivity index is 1.78. The summed E-state index contributed by atoms with van der Waals surface area (Å²) >= 11 is 0. The highest BCUT2D eigenvalue weighted by Gasteiger charge is 2.35. The molecule has 1 fully saturated rings. The molecule has 1 N–H and O–H groups in total. The van der Waals surface area contributed by atoms with Crippen molar-refractivity contribution in [3.05, 3.63) is 47.7 Å². The normalized spacial score (nSPS) is 20.3. The summed E-state index contributed by atoms with van der Waals surface area (Å²) in [7, 11) is 0. The van der Waals surface area contributed by atoms with Gasteiger partial charge in [0.2, 0.25) is 17.8 Å². The topological polar surface area (TPSA) is 80.1 Å². The predicted molar refractivity (Wildman–Crippen MR) is 83.7 cm³/mol. The molecule has 0 bridgehead atoms. The Hall–Kier alpha value is -2.96. The van der Waals surface area contributed by atoms with E-state index in [4.69, 9.17) is 0 Å². The molecule has 7 heteroatoms. The maximum absolute atomic E-state index is 11.9. The minimum atomic E-state index is -0.251. The molecule has 2 aliphatic heterocycles. The van der Waals surface area contributed by atoms with Gasteiger partial charge in [-0.3, -0.25) is 9.59 Å². The van der Waals surface area contributed by atoms with Gasteiger partial charge in [-0.2, -0.15) is 4.98 Å². The molecule has 0 radical (unpaired) electrons. The lowest BCUT2D eigenvalue weighted by Gasteiger charge is -2.22. The summed E-state index contributed by atoms with van der Waals surface area (Å²) in [6.45, 7) is 1.94. The molecule has 1 aromatic heterocycles. The van der Waals surface area contributed by atoms with Crippen LogP contribution in [0.25, 0.3) is 0 Å². The second-order valence-corrected chi connectivity index (χ2v) is 5.63. The third kappa shape index (κ3) is 2.21. The molecule has 3 heterocycles. The molecule has 116 valence electrons. The van der Waals surface area contributed by atoms with Crippen molar-refractivity contribution in [3.63, 3.8) is 0 Å². The van der Waals surface area contributed by atoms with Gasteiger partial charge in [0.15, 0.2) is 0 Å². The van der Waals surface area contributed by atoms with Crippen LogP contribution < -0.4 is 10.2 Å². The van der Waals surface area contributed by atoms with Gasteiger partial charge in [0.1, 0.15) is 6.04 Å². The Morgan fingerprint density at radius 3 is 2.52 bits per heavy atom. The number of amides is 2. The van der Waals surface area contributed by atoms with Gasteiger partial charge in [0.25, 0.3) is 5.95 Å². The van der Waals surface area contributed by atoms with Gasteiger partial charge in [0.05, 0.1) is 0 Å². The van der Waals surface area contributed by atoms with Gasteiger partial charge in [-0.05, 0) is 18.6 Å². The first-order valence-corrected chi connectivity index (χ1v) is 7.46. The van der Waals surface area contributed by atoms with Crippen LogP contribution in [0.4, 0.5) is 11.9 Å². The van der Waals surface area contributed by atoms with E-state index >= 15 is 0 Å². The minimum Gasteiger partial charge on any atom is -0.329 e. The number of allylic oxidation sites excluding steroid dienone is 2. The molecule has 7 nitrogen and oxygen atoms in total. The number of imide groups is 1. The van der Waals surface area contributed by atoms with Gasteiger partial charge in [-0.15, -0.1) is 5.10 Å². The van der Waals surface area contributed by atoms with Crippen LogP contribution in [0.3, 0.4) is 0 Å². The Kier molecular flexibility index (Phi) is 3.00. The smallest absolute Gasteiger partial charge is 0.260 e. The summed E-state index contributed by atoms with van der Waals surface area (Å²) < 4.78 is 1.70. The number of nitrogens with zero attached hydrogens (tertiary/aromatic N) is 4. The highest BCUT2D eigenvalue weighted by molar-refractivity contribution is 6.18. The second-order valence-electron chi connectivity index (χ2n) is 5.63. The lowest BCUT2D eigenvalue weighted by atomic mass is 10.1. The van der Waals surface area contributed by atoms with Gasteiger partial charge in [-0.1, -0.05) is 30.3 Å². The SMILES string of the molecule is CC1=C[C@H](c2ccccc2)n2nc(N3C(=O)CCC3=O)nc2N1. The first-order valence-electron chi connectivity index (χ1n) is 7.46. The first kappa shape index (κ1) is 13.7. The molecule has 4 rings (SSSR count). The van der Waals surface area contributed by atoms with E-state index < -0.39 is 0 Å². The van der Waals surface area contributed by atoms with Crippen molar-refractivity contribution >= 4 is 23.7 Å². The molecule has 1 aromatic carbocycles. The maximum Gasteiger partial charge on any atom is 0.260 e. The van der Waals surface area contributed by atoms with Crippen molar-refractivity contribution < 1.29 is 9.59 Å². The molecule has 2 aliphatic rings. The highest BCUT2D eigenvalue weighted by atomic mass is 16.2.